The first-order valence-electron chi connectivity index (χ1n) is 6.43. The molecule has 0 radical (unpaired) electrons. The van der Waals surface area contributed by atoms with Gasteiger partial charge >= 0.3 is 5.76 Å². The van der Waals surface area contributed by atoms with Crippen LogP contribution in [0.1, 0.15) is 16.7 Å². The molecule has 0 bridgehead atoms. The maximum atomic E-state index is 12.0. The first-order valence-corrected chi connectivity index (χ1v) is 6.43. The van der Waals surface area contributed by atoms with Crippen LogP contribution in [0.5, 0.6) is 5.75 Å². The fourth-order valence-corrected chi connectivity index (χ4v) is 2.33. The van der Waals surface area contributed by atoms with Crippen molar-refractivity contribution in [3.8, 4) is 5.75 Å². The van der Waals surface area contributed by atoms with Gasteiger partial charge in [-0.15, -0.1) is 0 Å². The first kappa shape index (κ1) is 12.5. The van der Waals surface area contributed by atoms with Crippen LogP contribution in [0.2, 0.25) is 0 Å². The molecule has 0 saturated carbocycles. The fraction of sp³-hybridized carbons (Fsp3) is 0.188. The van der Waals surface area contributed by atoms with Gasteiger partial charge in [-0.25, -0.2) is 4.79 Å². The Kier molecular flexibility index (Phi) is 2.86. The van der Waals surface area contributed by atoms with Gasteiger partial charge in [0.2, 0.25) is 0 Å². The average molecular weight is 269 g/mol. The molecule has 0 atom stereocenters. The summed E-state index contributed by atoms with van der Waals surface area (Å²) in [6.07, 6.45) is 0. The monoisotopic (exact) mass is 269 g/mol. The predicted molar refractivity (Wildman–Crippen MR) is 77.2 cm³/mol. The lowest BCUT2D eigenvalue weighted by atomic mass is 10.1. The van der Waals surface area contributed by atoms with E-state index in [1.165, 1.54) is 4.57 Å². The summed E-state index contributed by atoms with van der Waals surface area (Å²) in [4.78, 5) is 12.0. The largest absolute Gasteiger partial charge is 0.508 e. The Morgan fingerprint density at radius 3 is 2.60 bits per heavy atom. The number of rotatable bonds is 2. The van der Waals surface area contributed by atoms with Crippen LogP contribution in [-0.4, -0.2) is 9.67 Å². The van der Waals surface area contributed by atoms with Crippen molar-refractivity contribution in [1.29, 1.82) is 0 Å². The minimum Gasteiger partial charge on any atom is -0.508 e. The van der Waals surface area contributed by atoms with Gasteiger partial charge in [0.05, 0.1) is 12.1 Å². The molecule has 0 aliphatic carbocycles. The Labute approximate surface area is 115 Å². The van der Waals surface area contributed by atoms with Crippen molar-refractivity contribution >= 4 is 11.1 Å². The molecule has 4 heteroatoms. The van der Waals surface area contributed by atoms with Gasteiger partial charge < -0.3 is 9.52 Å². The summed E-state index contributed by atoms with van der Waals surface area (Å²) in [5.41, 5.74) is 4.11. The molecule has 1 heterocycles. The van der Waals surface area contributed by atoms with Crippen LogP contribution in [0.15, 0.2) is 45.6 Å². The summed E-state index contributed by atoms with van der Waals surface area (Å²) < 4.78 is 6.76. The molecule has 20 heavy (non-hydrogen) atoms. The van der Waals surface area contributed by atoms with Crippen molar-refractivity contribution < 1.29 is 9.52 Å². The van der Waals surface area contributed by atoms with Gasteiger partial charge in [-0.2, -0.15) is 0 Å². The maximum Gasteiger partial charge on any atom is 0.420 e. The van der Waals surface area contributed by atoms with E-state index in [2.05, 4.69) is 0 Å². The highest BCUT2D eigenvalue weighted by molar-refractivity contribution is 5.73. The summed E-state index contributed by atoms with van der Waals surface area (Å²) in [6, 6.07) is 10.9. The lowest BCUT2D eigenvalue weighted by Gasteiger charge is -2.06. The molecule has 0 amide bonds. The van der Waals surface area contributed by atoms with E-state index in [4.69, 9.17) is 4.42 Å². The van der Waals surface area contributed by atoms with Crippen LogP contribution >= 0.6 is 0 Å². The number of aromatic hydroxyl groups is 1. The van der Waals surface area contributed by atoms with E-state index in [1.54, 1.807) is 12.1 Å². The van der Waals surface area contributed by atoms with Crippen LogP contribution in [0.3, 0.4) is 0 Å². The van der Waals surface area contributed by atoms with E-state index >= 15 is 0 Å². The number of nitrogens with zero attached hydrogens (tertiary/aromatic N) is 1. The third-order valence-corrected chi connectivity index (χ3v) is 3.39. The zero-order valence-electron chi connectivity index (χ0n) is 11.4. The second kappa shape index (κ2) is 4.56. The number of hydrogen-bond donors (Lipinski definition) is 1. The van der Waals surface area contributed by atoms with Gasteiger partial charge in [-0.1, -0.05) is 23.8 Å². The molecule has 0 unspecified atom stereocenters. The normalized spacial score (nSPS) is 11.1. The number of phenolic OH excluding ortho intramolecular Hbond substituents is 1. The Morgan fingerprint density at radius 1 is 1.10 bits per heavy atom. The molecule has 3 rings (SSSR count). The molecule has 2 aromatic carbocycles. The quantitative estimate of drug-likeness (QED) is 0.778. The summed E-state index contributed by atoms with van der Waals surface area (Å²) >= 11 is 0. The molecule has 0 spiro atoms. The van der Waals surface area contributed by atoms with Gasteiger partial charge in [-0.05, 0) is 37.6 Å². The van der Waals surface area contributed by atoms with Gasteiger partial charge in [0.15, 0.2) is 5.58 Å². The number of oxazole rings is 1. The van der Waals surface area contributed by atoms with E-state index in [1.807, 2.05) is 38.1 Å². The number of fused-ring (bicyclic) bond motifs is 1. The van der Waals surface area contributed by atoms with E-state index in [9.17, 15) is 9.90 Å². The fourth-order valence-electron chi connectivity index (χ4n) is 2.33. The van der Waals surface area contributed by atoms with Crippen LogP contribution < -0.4 is 5.76 Å². The predicted octanol–water partition coefficient (Wildman–Crippen LogP) is 2.97. The average Bonchev–Trinajstić information content (AvgIpc) is 2.70. The standard InChI is InChI=1S/C16H15NO3/c1-10-3-5-14(18)12(7-10)9-17-13-8-11(2)4-6-15(13)20-16(17)19/h3-8,18H,9H2,1-2H3. The molecule has 0 aliphatic rings. The molecule has 4 nitrogen and oxygen atoms in total. The molecule has 1 N–H and O–H groups in total. The number of phenols is 1. The van der Waals surface area contributed by atoms with Crippen LogP contribution in [0.4, 0.5) is 0 Å². The third-order valence-electron chi connectivity index (χ3n) is 3.39. The van der Waals surface area contributed by atoms with Crippen molar-refractivity contribution in [1.82, 2.24) is 4.57 Å². The van der Waals surface area contributed by atoms with Gasteiger partial charge in [0, 0.05) is 5.56 Å². The van der Waals surface area contributed by atoms with Crippen molar-refractivity contribution in [2.75, 3.05) is 0 Å². The number of hydrogen-bond acceptors (Lipinski definition) is 3. The highest BCUT2D eigenvalue weighted by atomic mass is 16.4. The molecule has 102 valence electrons. The maximum absolute atomic E-state index is 12.0. The van der Waals surface area contributed by atoms with Gasteiger partial charge in [-0.3, -0.25) is 4.57 Å². The molecule has 0 fully saturated rings. The van der Waals surface area contributed by atoms with Crippen molar-refractivity contribution in [2.24, 2.45) is 0 Å². The van der Waals surface area contributed by atoms with Gasteiger partial charge in [0.1, 0.15) is 5.75 Å². The van der Waals surface area contributed by atoms with E-state index in [0.29, 0.717) is 17.7 Å². The molecule has 3 aromatic rings. The minimum atomic E-state index is -0.411. The van der Waals surface area contributed by atoms with E-state index in [-0.39, 0.29) is 5.75 Å². The van der Waals surface area contributed by atoms with E-state index < -0.39 is 5.76 Å². The van der Waals surface area contributed by atoms with Crippen LogP contribution in [0.25, 0.3) is 11.1 Å². The second-order valence-corrected chi connectivity index (χ2v) is 5.06. The van der Waals surface area contributed by atoms with Crippen LogP contribution in [-0.2, 0) is 6.54 Å². The van der Waals surface area contributed by atoms with E-state index in [0.717, 1.165) is 16.6 Å². The Morgan fingerprint density at radius 2 is 1.80 bits per heavy atom. The second-order valence-electron chi connectivity index (χ2n) is 5.06. The molecule has 0 saturated heterocycles. The van der Waals surface area contributed by atoms with Crippen LogP contribution in [0, 0.1) is 13.8 Å². The SMILES string of the molecule is Cc1ccc(O)c(Cn2c(=O)oc3ccc(C)cc32)c1. The van der Waals surface area contributed by atoms with Gasteiger partial charge in [0.25, 0.3) is 0 Å². The minimum absolute atomic E-state index is 0.185. The smallest absolute Gasteiger partial charge is 0.420 e. The lowest BCUT2D eigenvalue weighted by Crippen LogP contribution is -2.15. The number of aromatic nitrogens is 1. The Hall–Kier alpha value is -2.49. The summed E-state index contributed by atoms with van der Waals surface area (Å²) in [6.45, 7) is 4.21. The molecular formula is C16H15NO3. The molecule has 0 aliphatic heterocycles. The van der Waals surface area contributed by atoms with Crippen molar-refractivity contribution in [3.63, 3.8) is 0 Å². The topological polar surface area (TPSA) is 55.4 Å². The van der Waals surface area contributed by atoms with Crippen molar-refractivity contribution in [3.05, 3.63) is 63.6 Å². The molecular weight excluding hydrogens is 254 g/mol. The lowest BCUT2D eigenvalue weighted by molar-refractivity contribution is 0.462. The van der Waals surface area contributed by atoms with Crippen molar-refractivity contribution in [2.45, 2.75) is 20.4 Å². The zero-order chi connectivity index (χ0) is 14.3. The number of benzene rings is 2. The summed E-state index contributed by atoms with van der Waals surface area (Å²) in [7, 11) is 0. The third kappa shape index (κ3) is 2.09. The number of aryl methyl sites for hydroxylation is 2. The zero-order valence-corrected chi connectivity index (χ0v) is 11.4. The molecule has 1 aromatic heterocycles. The first-order chi connectivity index (χ1) is 9.54. The summed E-state index contributed by atoms with van der Waals surface area (Å²) in [5.74, 6) is -0.226. The highest BCUT2D eigenvalue weighted by Crippen LogP contribution is 2.21. The highest BCUT2D eigenvalue weighted by Gasteiger charge is 2.11. The Bertz CT molecular complexity index is 843. The summed E-state index contributed by atoms with van der Waals surface area (Å²) in [5, 5.41) is 9.91. The Balaban J connectivity index is 2.15.